The van der Waals surface area contributed by atoms with Crippen LogP contribution in [-0.2, 0) is 4.79 Å². The Morgan fingerprint density at radius 2 is 1.86 bits per heavy atom. The van der Waals surface area contributed by atoms with E-state index in [2.05, 4.69) is 10.2 Å². The molecule has 2 aliphatic carbocycles. The molecule has 126 valence electrons. The van der Waals surface area contributed by atoms with Gasteiger partial charge in [0.1, 0.15) is 0 Å². The second-order valence-corrected chi connectivity index (χ2v) is 8.02. The largest absolute Gasteiger partial charge is 0.339 e. The summed E-state index contributed by atoms with van der Waals surface area (Å²) in [6.45, 7) is 3.09. The minimum absolute atomic E-state index is 0. The molecule has 4 unspecified atom stereocenters. The number of fused-ring (bicyclic) bond motifs is 2. The van der Waals surface area contributed by atoms with Crippen molar-refractivity contribution in [2.45, 2.75) is 63.8 Å². The summed E-state index contributed by atoms with van der Waals surface area (Å²) >= 11 is 0. The molecule has 1 amide bonds. The van der Waals surface area contributed by atoms with Crippen molar-refractivity contribution in [3.05, 3.63) is 0 Å². The highest BCUT2D eigenvalue weighted by Gasteiger charge is 2.42. The van der Waals surface area contributed by atoms with Crippen molar-refractivity contribution in [1.82, 2.24) is 10.2 Å². The fourth-order valence-electron chi connectivity index (χ4n) is 5.69. The van der Waals surface area contributed by atoms with Gasteiger partial charge in [-0.05, 0) is 82.2 Å². The van der Waals surface area contributed by atoms with Gasteiger partial charge in [-0.1, -0.05) is 6.42 Å². The topological polar surface area (TPSA) is 32.3 Å². The number of carbonyl (C=O) groups is 1. The van der Waals surface area contributed by atoms with E-state index in [9.17, 15) is 4.79 Å². The molecule has 2 aliphatic heterocycles. The number of nitrogens with one attached hydrogen (secondary N) is 1. The molecule has 22 heavy (non-hydrogen) atoms. The molecule has 3 nitrogen and oxygen atoms in total. The summed E-state index contributed by atoms with van der Waals surface area (Å²) < 4.78 is 0. The highest BCUT2D eigenvalue weighted by atomic mass is 35.5. The van der Waals surface area contributed by atoms with Gasteiger partial charge in [-0.15, -0.1) is 12.4 Å². The van der Waals surface area contributed by atoms with Crippen LogP contribution in [0.15, 0.2) is 0 Å². The molecule has 4 aliphatic rings. The quantitative estimate of drug-likeness (QED) is 0.863. The Balaban J connectivity index is 0.00000144. The number of nitrogens with zero attached hydrogens (tertiary/aromatic N) is 1. The molecule has 2 bridgehead atoms. The maximum atomic E-state index is 12.8. The van der Waals surface area contributed by atoms with Crippen LogP contribution in [0.4, 0.5) is 0 Å². The molecule has 0 aromatic heterocycles. The zero-order valence-electron chi connectivity index (χ0n) is 13.6. The van der Waals surface area contributed by atoms with E-state index in [1.54, 1.807) is 0 Å². The minimum Gasteiger partial charge on any atom is -0.339 e. The first-order chi connectivity index (χ1) is 10.3. The lowest BCUT2D eigenvalue weighted by Crippen LogP contribution is -2.44. The van der Waals surface area contributed by atoms with Gasteiger partial charge in [0.05, 0.1) is 0 Å². The molecule has 0 radical (unpaired) electrons. The zero-order valence-corrected chi connectivity index (χ0v) is 14.5. The van der Waals surface area contributed by atoms with E-state index < -0.39 is 0 Å². The van der Waals surface area contributed by atoms with Gasteiger partial charge in [0.25, 0.3) is 0 Å². The molecule has 1 N–H and O–H groups in total. The highest BCUT2D eigenvalue weighted by molar-refractivity contribution is 5.85. The van der Waals surface area contributed by atoms with Crippen LogP contribution in [-0.4, -0.2) is 36.5 Å². The third kappa shape index (κ3) is 3.17. The number of halogens is 1. The van der Waals surface area contributed by atoms with Crippen molar-refractivity contribution in [3.8, 4) is 0 Å². The van der Waals surface area contributed by atoms with Gasteiger partial charge >= 0.3 is 0 Å². The summed E-state index contributed by atoms with van der Waals surface area (Å²) in [4.78, 5) is 15.1. The van der Waals surface area contributed by atoms with E-state index in [0.717, 1.165) is 50.2 Å². The number of rotatable bonds is 3. The van der Waals surface area contributed by atoms with Gasteiger partial charge in [-0.3, -0.25) is 4.79 Å². The second kappa shape index (κ2) is 7.09. The minimum atomic E-state index is 0. The number of hydrogen-bond acceptors (Lipinski definition) is 2. The molecule has 4 rings (SSSR count). The van der Waals surface area contributed by atoms with Crippen molar-refractivity contribution in [3.63, 3.8) is 0 Å². The van der Waals surface area contributed by atoms with Crippen LogP contribution in [0.25, 0.3) is 0 Å². The van der Waals surface area contributed by atoms with E-state index in [1.165, 1.54) is 44.9 Å². The van der Waals surface area contributed by atoms with Crippen LogP contribution in [0.5, 0.6) is 0 Å². The summed E-state index contributed by atoms with van der Waals surface area (Å²) in [5.74, 6) is 3.78. The fraction of sp³-hybridized carbons (Fsp3) is 0.944. The molecule has 0 spiro atoms. The van der Waals surface area contributed by atoms with Crippen LogP contribution < -0.4 is 5.32 Å². The summed E-state index contributed by atoms with van der Waals surface area (Å²) in [7, 11) is 0. The zero-order chi connectivity index (χ0) is 14.2. The molecule has 2 heterocycles. The maximum Gasteiger partial charge on any atom is 0.226 e. The molecular weight excluding hydrogens is 296 g/mol. The van der Waals surface area contributed by atoms with Gasteiger partial charge in [0.15, 0.2) is 0 Å². The normalized spacial score (nSPS) is 38.3. The molecule has 4 fully saturated rings. The van der Waals surface area contributed by atoms with E-state index in [1.807, 2.05) is 0 Å². The third-order valence-electron chi connectivity index (χ3n) is 6.81. The molecule has 0 aromatic rings. The van der Waals surface area contributed by atoms with Crippen LogP contribution in [0.1, 0.15) is 57.8 Å². The SMILES string of the molecule is Cl.O=C(C1CCNCC1)N1CCCC1CC1CC2CCC1C2. The lowest BCUT2D eigenvalue weighted by Gasteiger charge is -2.33. The number of amides is 1. The Labute approximate surface area is 141 Å². The van der Waals surface area contributed by atoms with Gasteiger partial charge in [-0.25, -0.2) is 0 Å². The van der Waals surface area contributed by atoms with Gasteiger partial charge in [-0.2, -0.15) is 0 Å². The first-order valence-electron chi connectivity index (χ1n) is 9.32. The summed E-state index contributed by atoms with van der Waals surface area (Å²) in [6.07, 6.45) is 11.9. The lowest BCUT2D eigenvalue weighted by atomic mass is 9.83. The molecule has 4 atom stereocenters. The standard InChI is InChI=1S/C18H30N2O.ClH/c21-18(14-5-7-19-8-6-14)20-9-1-2-17(20)12-16-11-13-3-4-15(16)10-13;/h13-17,19H,1-12H2;1H. The number of hydrogen-bond donors (Lipinski definition) is 1. The predicted octanol–water partition coefficient (Wildman–Crippen LogP) is 3.23. The Morgan fingerprint density at radius 1 is 1.05 bits per heavy atom. The Morgan fingerprint density at radius 3 is 2.55 bits per heavy atom. The smallest absolute Gasteiger partial charge is 0.226 e. The van der Waals surface area contributed by atoms with Crippen LogP contribution in [0, 0.1) is 23.7 Å². The van der Waals surface area contributed by atoms with Crippen molar-refractivity contribution in [2.75, 3.05) is 19.6 Å². The van der Waals surface area contributed by atoms with Crippen LogP contribution in [0.3, 0.4) is 0 Å². The molecular formula is C18H31ClN2O. The summed E-state index contributed by atoms with van der Waals surface area (Å²) in [6, 6.07) is 0.580. The molecule has 0 aromatic carbocycles. The van der Waals surface area contributed by atoms with Crippen molar-refractivity contribution < 1.29 is 4.79 Å². The third-order valence-corrected chi connectivity index (χ3v) is 6.81. The fourth-order valence-corrected chi connectivity index (χ4v) is 5.69. The van der Waals surface area contributed by atoms with E-state index >= 15 is 0 Å². The number of carbonyl (C=O) groups excluding carboxylic acids is 1. The first-order valence-corrected chi connectivity index (χ1v) is 9.32. The Bertz CT molecular complexity index is 397. The number of piperidine rings is 1. The highest BCUT2D eigenvalue weighted by Crippen LogP contribution is 2.50. The van der Waals surface area contributed by atoms with E-state index in [0.29, 0.717) is 17.9 Å². The average Bonchev–Trinajstić information content (AvgIpc) is 3.24. The maximum absolute atomic E-state index is 12.8. The summed E-state index contributed by atoms with van der Waals surface area (Å²) in [5, 5.41) is 3.38. The van der Waals surface area contributed by atoms with Crippen LogP contribution >= 0.6 is 12.4 Å². The number of likely N-dealkylation sites (tertiary alicyclic amines) is 1. The Hall–Kier alpha value is -0.280. The van der Waals surface area contributed by atoms with Crippen molar-refractivity contribution in [2.24, 2.45) is 23.7 Å². The van der Waals surface area contributed by atoms with Gasteiger partial charge < -0.3 is 10.2 Å². The monoisotopic (exact) mass is 326 g/mol. The van der Waals surface area contributed by atoms with E-state index in [-0.39, 0.29) is 12.4 Å². The average molecular weight is 327 g/mol. The summed E-state index contributed by atoms with van der Waals surface area (Å²) in [5.41, 5.74) is 0. The second-order valence-electron chi connectivity index (χ2n) is 8.02. The van der Waals surface area contributed by atoms with Gasteiger partial charge in [0.2, 0.25) is 5.91 Å². The molecule has 2 saturated heterocycles. The predicted molar refractivity (Wildman–Crippen MR) is 91.1 cm³/mol. The first kappa shape index (κ1) is 16.6. The lowest BCUT2D eigenvalue weighted by molar-refractivity contribution is -0.137. The Kier molecular flexibility index (Phi) is 5.34. The van der Waals surface area contributed by atoms with Gasteiger partial charge in [0, 0.05) is 18.5 Å². The van der Waals surface area contributed by atoms with Crippen LogP contribution in [0.2, 0.25) is 0 Å². The van der Waals surface area contributed by atoms with E-state index in [4.69, 9.17) is 0 Å². The molecule has 2 saturated carbocycles. The van der Waals surface area contributed by atoms with Crippen molar-refractivity contribution >= 4 is 18.3 Å². The molecule has 4 heteroatoms. The van der Waals surface area contributed by atoms with Crippen molar-refractivity contribution in [1.29, 1.82) is 0 Å².